The third-order valence-corrected chi connectivity index (χ3v) is 3.31. The number of carbonyl (C=O) groups excluding carboxylic acids is 2. The van der Waals surface area contributed by atoms with E-state index in [1.165, 1.54) is 0 Å². The molecular formula is C14H13NO3. The Labute approximate surface area is 105 Å². The highest BCUT2D eigenvalue weighted by molar-refractivity contribution is 5.98. The van der Waals surface area contributed by atoms with Gasteiger partial charge in [0, 0.05) is 12.5 Å². The molecule has 0 aliphatic carbocycles. The van der Waals surface area contributed by atoms with Gasteiger partial charge in [-0.25, -0.2) is 4.79 Å². The lowest BCUT2D eigenvalue weighted by Crippen LogP contribution is -2.49. The van der Waals surface area contributed by atoms with Crippen molar-refractivity contribution in [2.75, 3.05) is 0 Å². The number of amides is 1. The molecule has 1 saturated heterocycles. The first kappa shape index (κ1) is 11.0. The number of hydrogen-bond acceptors (Lipinski definition) is 3. The zero-order chi connectivity index (χ0) is 12.5. The molecule has 4 heteroatoms. The first-order chi connectivity index (χ1) is 8.75. The minimum atomic E-state index is -0.408. The van der Waals surface area contributed by atoms with Gasteiger partial charge in [-0.1, -0.05) is 36.4 Å². The molecule has 0 aromatic heterocycles. The topological polar surface area (TPSA) is 46.6 Å². The van der Waals surface area contributed by atoms with Crippen molar-refractivity contribution in [2.24, 2.45) is 0 Å². The van der Waals surface area contributed by atoms with Crippen molar-refractivity contribution in [3.05, 3.63) is 47.7 Å². The van der Waals surface area contributed by atoms with Crippen LogP contribution in [0.1, 0.15) is 18.4 Å². The average Bonchev–Trinajstić information content (AvgIpc) is 2.74. The van der Waals surface area contributed by atoms with Crippen LogP contribution in [0.5, 0.6) is 0 Å². The van der Waals surface area contributed by atoms with Crippen LogP contribution < -0.4 is 0 Å². The van der Waals surface area contributed by atoms with Gasteiger partial charge in [-0.15, -0.1) is 0 Å². The quantitative estimate of drug-likeness (QED) is 0.598. The molecular weight excluding hydrogens is 230 g/mol. The largest absolute Gasteiger partial charge is 0.456 e. The molecule has 0 bridgehead atoms. The number of rotatable bonds is 3. The van der Waals surface area contributed by atoms with Crippen molar-refractivity contribution >= 4 is 11.9 Å². The Balaban J connectivity index is 1.61. The normalized spacial score (nSPS) is 21.1. The number of hydrogen-bond donors (Lipinski definition) is 0. The lowest BCUT2D eigenvalue weighted by Gasteiger charge is -2.35. The number of carbonyl (C=O) groups is 2. The molecule has 1 aromatic carbocycles. The number of nitrogens with zero attached hydrogens (tertiary/aromatic N) is 1. The molecule has 1 amide bonds. The van der Waals surface area contributed by atoms with E-state index in [4.69, 9.17) is 4.74 Å². The Morgan fingerprint density at radius 3 is 2.83 bits per heavy atom. The van der Waals surface area contributed by atoms with Crippen LogP contribution in [0.3, 0.4) is 0 Å². The SMILES string of the molecule is O=C(OCc1ccccc1)C1=CC[C@H]2CC(=O)N12. The molecule has 1 aromatic rings. The average molecular weight is 243 g/mol. The van der Waals surface area contributed by atoms with Gasteiger partial charge in [-0.05, 0) is 12.0 Å². The molecule has 2 aliphatic rings. The highest BCUT2D eigenvalue weighted by atomic mass is 16.5. The third kappa shape index (κ3) is 1.79. The second-order valence-electron chi connectivity index (χ2n) is 4.51. The van der Waals surface area contributed by atoms with Crippen molar-refractivity contribution in [3.63, 3.8) is 0 Å². The first-order valence-electron chi connectivity index (χ1n) is 5.99. The van der Waals surface area contributed by atoms with Gasteiger partial charge in [0.15, 0.2) is 0 Å². The van der Waals surface area contributed by atoms with Crippen LogP contribution in [0.2, 0.25) is 0 Å². The van der Waals surface area contributed by atoms with Crippen molar-refractivity contribution in [2.45, 2.75) is 25.5 Å². The van der Waals surface area contributed by atoms with E-state index in [1.807, 2.05) is 30.3 Å². The minimum Gasteiger partial charge on any atom is -0.456 e. The third-order valence-electron chi connectivity index (χ3n) is 3.31. The van der Waals surface area contributed by atoms with Crippen LogP contribution in [0.4, 0.5) is 0 Å². The summed E-state index contributed by atoms with van der Waals surface area (Å²) in [5.41, 5.74) is 1.35. The Hall–Kier alpha value is -2.10. The fourth-order valence-corrected chi connectivity index (χ4v) is 2.33. The molecule has 2 heterocycles. The molecule has 0 radical (unpaired) electrons. The smallest absolute Gasteiger partial charge is 0.355 e. The van der Waals surface area contributed by atoms with Crippen LogP contribution >= 0.6 is 0 Å². The maximum Gasteiger partial charge on any atom is 0.355 e. The summed E-state index contributed by atoms with van der Waals surface area (Å²) in [7, 11) is 0. The van der Waals surface area contributed by atoms with Gasteiger partial charge in [0.25, 0.3) is 0 Å². The highest BCUT2D eigenvalue weighted by Crippen LogP contribution is 2.34. The van der Waals surface area contributed by atoms with E-state index >= 15 is 0 Å². The summed E-state index contributed by atoms with van der Waals surface area (Å²) in [4.78, 5) is 24.8. The van der Waals surface area contributed by atoms with E-state index in [1.54, 1.807) is 11.0 Å². The summed E-state index contributed by atoms with van der Waals surface area (Å²) in [6, 6.07) is 9.69. The molecule has 3 rings (SSSR count). The molecule has 18 heavy (non-hydrogen) atoms. The molecule has 0 spiro atoms. The Kier molecular flexibility index (Phi) is 2.63. The molecule has 2 aliphatic heterocycles. The second kappa shape index (κ2) is 4.29. The zero-order valence-electron chi connectivity index (χ0n) is 9.83. The Morgan fingerprint density at radius 1 is 1.33 bits per heavy atom. The number of β-lactam (4-membered cyclic amide) rings is 1. The number of esters is 1. The van der Waals surface area contributed by atoms with Crippen LogP contribution in [0.15, 0.2) is 42.1 Å². The molecule has 92 valence electrons. The molecule has 0 unspecified atom stereocenters. The van der Waals surface area contributed by atoms with Gasteiger partial charge in [-0.3, -0.25) is 4.79 Å². The lowest BCUT2D eigenvalue weighted by atomic mass is 10.0. The lowest BCUT2D eigenvalue weighted by molar-refractivity contribution is -0.150. The molecule has 1 fully saturated rings. The van der Waals surface area contributed by atoms with E-state index in [0.717, 1.165) is 12.0 Å². The van der Waals surface area contributed by atoms with Crippen LogP contribution in [0, 0.1) is 0 Å². The predicted molar refractivity (Wildman–Crippen MR) is 64.2 cm³/mol. The summed E-state index contributed by atoms with van der Waals surface area (Å²) in [6.45, 7) is 0.240. The van der Waals surface area contributed by atoms with Crippen molar-refractivity contribution in [3.8, 4) is 0 Å². The van der Waals surface area contributed by atoms with Crippen molar-refractivity contribution in [1.29, 1.82) is 0 Å². The van der Waals surface area contributed by atoms with Gasteiger partial charge >= 0.3 is 5.97 Å². The monoisotopic (exact) mass is 243 g/mol. The highest BCUT2D eigenvalue weighted by Gasteiger charge is 2.44. The van der Waals surface area contributed by atoms with Crippen LogP contribution in [-0.2, 0) is 20.9 Å². The summed E-state index contributed by atoms with van der Waals surface area (Å²) < 4.78 is 5.21. The van der Waals surface area contributed by atoms with Crippen LogP contribution in [0.25, 0.3) is 0 Å². The number of ether oxygens (including phenoxy) is 1. The molecule has 0 N–H and O–H groups in total. The van der Waals surface area contributed by atoms with Gasteiger partial charge in [-0.2, -0.15) is 0 Å². The fraction of sp³-hybridized carbons (Fsp3) is 0.286. The van der Waals surface area contributed by atoms with E-state index in [0.29, 0.717) is 12.1 Å². The van der Waals surface area contributed by atoms with Crippen LogP contribution in [-0.4, -0.2) is 22.8 Å². The Morgan fingerprint density at radius 2 is 2.11 bits per heavy atom. The number of fused-ring (bicyclic) bond motifs is 1. The maximum absolute atomic E-state index is 11.9. The van der Waals surface area contributed by atoms with E-state index in [9.17, 15) is 9.59 Å². The summed E-state index contributed by atoms with van der Waals surface area (Å²) >= 11 is 0. The minimum absolute atomic E-state index is 0.0143. The summed E-state index contributed by atoms with van der Waals surface area (Å²) in [5.74, 6) is -0.394. The molecule has 1 atom stereocenters. The van der Waals surface area contributed by atoms with Crippen molar-refractivity contribution in [1.82, 2.24) is 4.90 Å². The second-order valence-corrected chi connectivity index (χ2v) is 4.51. The van der Waals surface area contributed by atoms with Gasteiger partial charge in [0.1, 0.15) is 12.3 Å². The van der Waals surface area contributed by atoms with Gasteiger partial charge in [0.2, 0.25) is 5.91 Å². The number of benzene rings is 1. The summed E-state index contributed by atoms with van der Waals surface area (Å²) in [6.07, 6.45) is 3.11. The van der Waals surface area contributed by atoms with E-state index in [-0.39, 0.29) is 18.6 Å². The fourth-order valence-electron chi connectivity index (χ4n) is 2.33. The standard InChI is InChI=1S/C14H13NO3/c16-13-8-11-6-7-12(15(11)13)14(17)18-9-10-4-2-1-3-5-10/h1-5,7,11H,6,8-9H2/t11-/m0/s1. The molecule has 4 nitrogen and oxygen atoms in total. The maximum atomic E-state index is 11.9. The van der Waals surface area contributed by atoms with E-state index < -0.39 is 5.97 Å². The predicted octanol–water partition coefficient (Wildman–Crippen LogP) is 1.62. The van der Waals surface area contributed by atoms with Gasteiger partial charge in [0.05, 0.1) is 0 Å². The van der Waals surface area contributed by atoms with E-state index in [2.05, 4.69) is 0 Å². The van der Waals surface area contributed by atoms with Gasteiger partial charge < -0.3 is 9.64 Å². The first-order valence-corrected chi connectivity index (χ1v) is 5.99. The summed E-state index contributed by atoms with van der Waals surface area (Å²) in [5, 5.41) is 0. The zero-order valence-corrected chi connectivity index (χ0v) is 9.83. The van der Waals surface area contributed by atoms with Crippen molar-refractivity contribution < 1.29 is 14.3 Å². The Bertz CT molecular complexity index is 521. The molecule has 0 saturated carbocycles.